The molecule has 0 aliphatic heterocycles. The van der Waals surface area contributed by atoms with E-state index in [1.54, 1.807) is 6.07 Å². The van der Waals surface area contributed by atoms with E-state index in [0.717, 1.165) is 18.5 Å². The van der Waals surface area contributed by atoms with Crippen LogP contribution in [-0.2, 0) is 6.54 Å². The molecule has 1 unspecified atom stereocenters. The van der Waals surface area contributed by atoms with E-state index in [0.29, 0.717) is 17.4 Å². The maximum Gasteiger partial charge on any atom is 0.201 e. The predicted octanol–water partition coefficient (Wildman–Crippen LogP) is 2.81. The van der Waals surface area contributed by atoms with E-state index in [4.69, 9.17) is 10.5 Å². The number of halogens is 1. The van der Waals surface area contributed by atoms with Crippen LogP contribution in [0, 0.1) is 11.7 Å². The largest absolute Gasteiger partial charge is 0.494 e. The number of methoxy groups -OCH3 is 1. The minimum atomic E-state index is -0.418. The van der Waals surface area contributed by atoms with Crippen molar-refractivity contribution < 1.29 is 9.13 Å². The molecule has 0 amide bonds. The van der Waals surface area contributed by atoms with Gasteiger partial charge in [-0.2, -0.15) is 0 Å². The topological polar surface area (TPSA) is 53.1 Å². The van der Waals surface area contributed by atoms with Gasteiger partial charge in [0.2, 0.25) is 5.95 Å². The summed E-state index contributed by atoms with van der Waals surface area (Å²) in [6, 6.07) is 3.01. The number of hydrogen-bond donors (Lipinski definition) is 1. The number of ether oxygens (including phenoxy) is 1. The zero-order valence-corrected chi connectivity index (χ0v) is 10.9. The quantitative estimate of drug-likeness (QED) is 0.909. The molecule has 0 saturated carbocycles. The van der Waals surface area contributed by atoms with Crippen LogP contribution < -0.4 is 10.5 Å². The number of fused-ring (bicyclic) bond motifs is 1. The van der Waals surface area contributed by atoms with Crippen molar-refractivity contribution in [3.63, 3.8) is 0 Å². The van der Waals surface area contributed by atoms with Crippen LogP contribution in [0.2, 0.25) is 0 Å². The molecule has 2 aromatic rings. The van der Waals surface area contributed by atoms with Crippen LogP contribution in [0.25, 0.3) is 11.0 Å². The maximum atomic E-state index is 13.6. The lowest BCUT2D eigenvalue weighted by Gasteiger charge is -2.12. The normalized spacial score (nSPS) is 12.9. The Morgan fingerprint density at radius 3 is 2.83 bits per heavy atom. The number of imidazole rings is 1. The number of hydrogen-bond acceptors (Lipinski definition) is 3. The van der Waals surface area contributed by atoms with E-state index in [9.17, 15) is 4.39 Å². The lowest BCUT2D eigenvalue weighted by Crippen LogP contribution is -2.09. The average molecular weight is 251 g/mol. The third-order valence-electron chi connectivity index (χ3n) is 3.24. The monoisotopic (exact) mass is 251 g/mol. The highest BCUT2D eigenvalue weighted by Crippen LogP contribution is 2.27. The van der Waals surface area contributed by atoms with E-state index in [2.05, 4.69) is 18.8 Å². The first-order chi connectivity index (χ1) is 8.56. The first-order valence-electron chi connectivity index (χ1n) is 6.06. The molecular weight excluding hydrogens is 233 g/mol. The minimum Gasteiger partial charge on any atom is -0.494 e. The summed E-state index contributed by atoms with van der Waals surface area (Å²) in [7, 11) is 1.45. The van der Waals surface area contributed by atoms with Gasteiger partial charge < -0.3 is 15.0 Å². The molecule has 0 saturated heterocycles. The molecule has 4 nitrogen and oxygen atoms in total. The summed E-state index contributed by atoms with van der Waals surface area (Å²) in [5, 5.41) is 0. The van der Waals surface area contributed by atoms with Crippen molar-refractivity contribution in [1.29, 1.82) is 0 Å². The highest BCUT2D eigenvalue weighted by molar-refractivity contribution is 5.80. The molecule has 0 fully saturated rings. The van der Waals surface area contributed by atoms with E-state index < -0.39 is 5.82 Å². The molecule has 0 bridgehead atoms. The fraction of sp³-hybridized carbons (Fsp3) is 0.462. The van der Waals surface area contributed by atoms with Crippen LogP contribution in [-0.4, -0.2) is 16.7 Å². The Morgan fingerprint density at radius 2 is 2.22 bits per heavy atom. The molecule has 5 heteroatoms. The average Bonchev–Trinajstić information content (AvgIpc) is 2.64. The van der Waals surface area contributed by atoms with Crippen molar-refractivity contribution in [3.05, 3.63) is 17.9 Å². The number of nitrogen functional groups attached to an aromatic ring is 1. The second kappa shape index (κ2) is 4.84. The molecular formula is C13H18FN3O. The highest BCUT2D eigenvalue weighted by Gasteiger charge is 2.14. The van der Waals surface area contributed by atoms with E-state index in [1.807, 2.05) is 4.57 Å². The molecule has 18 heavy (non-hydrogen) atoms. The van der Waals surface area contributed by atoms with Crippen molar-refractivity contribution in [2.75, 3.05) is 12.8 Å². The molecule has 1 heterocycles. The Labute approximate surface area is 106 Å². The number of nitrogens with two attached hydrogens (primary N) is 1. The standard InChI is InChI=1S/C13H18FN3O/c1-4-8(2)7-17-11-6-12(18-3)9(14)5-10(11)16-13(17)15/h5-6,8H,4,7H2,1-3H3,(H2,15,16). The van der Waals surface area contributed by atoms with Gasteiger partial charge in [-0.1, -0.05) is 20.3 Å². The van der Waals surface area contributed by atoms with E-state index in [-0.39, 0.29) is 5.75 Å². The summed E-state index contributed by atoms with van der Waals surface area (Å²) >= 11 is 0. The Kier molecular flexibility index (Phi) is 3.41. The van der Waals surface area contributed by atoms with E-state index in [1.165, 1.54) is 13.2 Å². The van der Waals surface area contributed by atoms with Crippen LogP contribution in [0.4, 0.5) is 10.3 Å². The fourth-order valence-electron chi connectivity index (χ4n) is 1.93. The lowest BCUT2D eigenvalue weighted by atomic mass is 10.1. The van der Waals surface area contributed by atoms with Crippen LogP contribution in [0.3, 0.4) is 0 Å². The molecule has 1 atom stereocenters. The highest BCUT2D eigenvalue weighted by atomic mass is 19.1. The van der Waals surface area contributed by atoms with Crippen molar-refractivity contribution >= 4 is 17.0 Å². The second-order valence-corrected chi connectivity index (χ2v) is 4.57. The molecule has 0 radical (unpaired) electrons. The Balaban J connectivity index is 2.55. The van der Waals surface area contributed by atoms with Crippen molar-refractivity contribution in [3.8, 4) is 5.75 Å². The summed E-state index contributed by atoms with van der Waals surface area (Å²) in [5.74, 6) is 0.699. The summed E-state index contributed by atoms with van der Waals surface area (Å²) in [6.07, 6.45) is 1.05. The van der Waals surface area contributed by atoms with Crippen LogP contribution in [0.5, 0.6) is 5.75 Å². The SMILES string of the molecule is CCC(C)Cn1c(N)nc2cc(F)c(OC)cc21. The lowest BCUT2D eigenvalue weighted by molar-refractivity contribution is 0.387. The van der Waals surface area contributed by atoms with Gasteiger partial charge in [0.15, 0.2) is 11.6 Å². The zero-order chi connectivity index (χ0) is 13.3. The smallest absolute Gasteiger partial charge is 0.201 e. The Morgan fingerprint density at radius 1 is 1.50 bits per heavy atom. The van der Waals surface area contributed by atoms with Gasteiger partial charge in [0.25, 0.3) is 0 Å². The summed E-state index contributed by atoms with van der Waals surface area (Å²) in [6.45, 7) is 5.04. The van der Waals surface area contributed by atoms with Crippen LogP contribution in [0.15, 0.2) is 12.1 Å². The van der Waals surface area contributed by atoms with Crippen LogP contribution >= 0.6 is 0 Å². The third-order valence-corrected chi connectivity index (χ3v) is 3.24. The van der Waals surface area contributed by atoms with Crippen molar-refractivity contribution in [2.45, 2.75) is 26.8 Å². The third kappa shape index (κ3) is 2.12. The van der Waals surface area contributed by atoms with Gasteiger partial charge in [-0.05, 0) is 5.92 Å². The maximum absolute atomic E-state index is 13.6. The first-order valence-corrected chi connectivity index (χ1v) is 6.06. The Bertz CT molecular complexity index is 565. The number of anilines is 1. The predicted molar refractivity (Wildman–Crippen MR) is 70.1 cm³/mol. The molecule has 1 aromatic carbocycles. The van der Waals surface area contributed by atoms with Gasteiger partial charge in [0.05, 0.1) is 18.1 Å². The molecule has 2 rings (SSSR count). The number of rotatable bonds is 4. The van der Waals surface area contributed by atoms with Gasteiger partial charge >= 0.3 is 0 Å². The fourth-order valence-corrected chi connectivity index (χ4v) is 1.93. The van der Waals surface area contributed by atoms with Gasteiger partial charge in [-0.15, -0.1) is 0 Å². The molecule has 0 aliphatic carbocycles. The van der Waals surface area contributed by atoms with Crippen molar-refractivity contribution in [1.82, 2.24) is 9.55 Å². The van der Waals surface area contributed by atoms with Gasteiger partial charge in [0, 0.05) is 18.7 Å². The number of nitrogens with zero attached hydrogens (tertiary/aromatic N) is 2. The van der Waals surface area contributed by atoms with Crippen LogP contribution in [0.1, 0.15) is 20.3 Å². The molecule has 1 aromatic heterocycles. The van der Waals surface area contributed by atoms with E-state index >= 15 is 0 Å². The number of aromatic nitrogens is 2. The number of benzene rings is 1. The molecule has 0 aliphatic rings. The summed E-state index contributed by atoms with van der Waals surface area (Å²) in [5.41, 5.74) is 7.26. The summed E-state index contributed by atoms with van der Waals surface area (Å²) < 4.78 is 20.5. The Hall–Kier alpha value is -1.78. The first kappa shape index (κ1) is 12.7. The second-order valence-electron chi connectivity index (χ2n) is 4.57. The summed E-state index contributed by atoms with van der Waals surface area (Å²) in [4.78, 5) is 4.18. The van der Waals surface area contributed by atoms with Crippen molar-refractivity contribution in [2.24, 2.45) is 5.92 Å². The van der Waals surface area contributed by atoms with Gasteiger partial charge in [0.1, 0.15) is 0 Å². The van der Waals surface area contributed by atoms with Gasteiger partial charge in [-0.25, -0.2) is 9.37 Å². The van der Waals surface area contributed by atoms with Gasteiger partial charge in [-0.3, -0.25) is 0 Å². The minimum absolute atomic E-state index is 0.216. The zero-order valence-electron chi connectivity index (χ0n) is 10.9. The molecule has 98 valence electrons. The molecule has 2 N–H and O–H groups in total. The molecule has 0 spiro atoms.